The largest absolute Gasteiger partial charge is 0.420 e. The van der Waals surface area contributed by atoms with Crippen molar-refractivity contribution in [2.24, 2.45) is 0 Å². The number of aromatic nitrogens is 3. The van der Waals surface area contributed by atoms with Crippen molar-refractivity contribution >= 4 is 11.8 Å². The Hall–Kier alpha value is -2.08. The standard InChI is InChI=1S/C14H13N3O2S/c1-10-7-12(19-17-10)8-20-9-13-15-16-14(18-13)11-5-3-2-4-6-11/h2-7H,8-9H2,1H3. The van der Waals surface area contributed by atoms with Crippen LogP contribution < -0.4 is 0 Å². The highest BCUT2D eigenvalue weighted by atomic mass is 32.2. The Balaban J connectivity index is 1.58. The average Bonchev–Trinajstić information content (AvgIpc) is 3.09. The second-order valence-corrected chi connectivity index (χ2v) is 5.28. The van der Waals surface area contributed by atoms with E-state index >= 15 is 0 Å². The van der Waals surface area contributed by atoms with Crippen LogP contribution >= 0.6 is 11.8 Å². The minimum atomic E-state index is 0.553. The minimum Gasteiger partial charge on any atom is -0.420 e. The molecule has 0 saturated heterocycles. The zero-order chi connectivity index (χ0) is 13.8. The van der Waals surface area contributed by atoms with Crippen LogP contribution in [-0.4, -0.2) is 15.4 Å². The SMILES string of the molecule is Cc1cc(CSCc2nnc(-c3ccccc3)o2)on1. The van der Waals surface area contributed by atoms with Gasteiger partial charge in [-0.3, -0.25) is 0 Å². The van der Waals surface area contributed by atoms with E-state index in [0.717, 1.165) is 22.8 Å². The highest BCUT2D eigenvalue weighted by Gasteiger charge is 2.08. The van der Waals surface area contributed by atoms with Gasteiger partial charge in [0.05, 0.1) is 17.2 Å². The lowest BCUT2D eigenvalue weighted by Gasteiger charge is -1.94. The van der Waals surface area contributed by atoms with Gasteiger partial charge in [-0.05, 0) is 19.1 Å². The van der Waals surface area contributed by atoms with Crippen molar-refractivity contribution in [1.29, 1.82) is 0 Å². The Kier molecular flexibility index (Phi) is 3.83. The molecule has 0 spiro atoms. The Bertz CT molecular complexity index is 679. The van der Waals surface area contributed by atoms with E-state index in [1.54, 1.807) is 11.8 Å². The summed E-state index contributed by atoms with van der Waals surface area (Å²) < 4.78 is 10.8. The van der Waals surface area contributed by atoms with Crippen LogP contribution in [0.2, 0.25) is 0 Å². The molecule has 0 aliphatic rings. The molecule has 0 atom stereocenters. The summed E-state index contributed by atoms with van der Waals surface area (Å²) in [7, 11) is 0. The Labute approximate surface area is 120 Å². The highest BCUT2D eigenvalue weighted by molar-refractivity contribution is 7.97. The van der Waals surface area contributed by atoms with Crippen molar-refractivity contribution < 1.29 is 8.94 Å². The fraction of sp³-hybridized carbons (Fsp3) is 0.214. The first-order valence-corrected chi connectivity index (χ1v) is 7.34. The van der Waals surface area contributed by atoms with E-state index < -0.39 is 0 Å². The molecule has 20 heavy (non-hydrogen) atoms. The van der Waals surface area contributed by atoms with E-state index in [2.05, 4.69) is 15.4 Å². The number of nitrogens with zero attached hydrogens (tertiary/aromatic N) is 3. The van der Waals surface area contributed by atoms with Crippen LogP contribution in [0.15, 0.2) is 45.3 Å². The Morgan fingerprint density at radius 1 is 1.10 bits per heavy atom. The summed E-state index contributed by atoms with van der Waals surface area (Å²) in [5.74, 6) is 3.42. The zero-order valence-electron chi connectivity index (χ0n) is 10.9. The predicted octanol–water partition coefficient (Wildman–Crippen LogP) is 3.47. The van der Waals surface area contributed by atoms with Crippen molar-refractivity contribution in [2.45, 2.75) is 18.4 Å². The maximum absolute atomic E-state index is 5.62. The molecule has 3 aromatic rings. The van der Waals surface area contributed by atoms with Crippen LogP contribution in [0.25, 0.3) is 11.5 Å². The molecule has 0 amide bonds. The molecule has 0 aliphatic heterocycles. The number of benzene rings is 1. The van der Waals surface area contributed by atoms with Crippen molar-refractivity contribution in [3.63, 3.8) is 0 Å². The molecular weight excluding hydrogens is 274 g/mol. The van der Waals surface area contributed by atoms with Crippen LogP contribution in [0.5, 0.6) is 0 Å². The van der Waals surface area contributed by atoms with Gasteiger partial charge in [-0.25, -0.2) is 0 Å². The molecule has 6 heteroatoms. The van der Waals surface area contributed by atoms with Crippen molar-refractivity contribution in [2.75, 3.05) is 0 Å². The highest BCUT2D eigenvalue weighted by Crippen LogP contribution is 2.21. The van der Waals surface area contributed by atoms with E-state index in [9.17, 15) is 0 Å². The first-order chi connectivity index (χ1) is 9.81. The van der Waals surface area contributed by atoms with Crippen LogP contribution in [0, 0.1) is 6.92 Å². The molecule has 0 aliphatic carbocycles. The quantitative estimate of drug-likeness (QED) is 0.716. The molecule has 2 aromatic heterocycles. The zero-order valence-corrected chi connectivity index (χ0v) is 11.8. The normalized spacial score (nSPS) is 10.8. The fourth-order valence-electron chi connectivity index (χ4n) is 1.73. The van der Waals surface area contributed by atoms with Crippen molar-refractivity contribution in [3.8, 4) is 11.5 Å². The molecule has 0 radical (unpaired) electrons. The van der Waals surface area contributed by atoms with Gasteiger partial charge in [0.25, 0.3) is 0 Å². The van der Waals surface area contributed by atoms with Gasteiger partial charge in [-0.2, -0.15) is 0 Å². The van der Waals surface area contributed by atoms with Crippen LogP contribution in [-0.2, 0) is 11.5 Å². The summed E-state index contributed by atoms with van der Waals surface area (Å²) in [6.45, 7) is 1.90. The molecule has 0 bridgehead atoms. The van der Waals surface area contributed by atoms with Gasteiger partial charge >= 0.3 is 0 Å². The third-order valence-electron chi connectivity index (χ3n) is 2.63. The molecule has 0 fully saturated rings. The maximum Gasteiger partial charge on any atom is 0.247 e. The third kappa shape index (κ3) is 3.08. The molecule has 2 heterocycles. The van der Waals surface area contributed by atoms with Crippen molar-refractivity contribution in [1.82, 2.24) is 15.4 Å². The summed E-state index contributed by atoms with van der Waals surface area (Å²) in [6, 6.07) is 11.7. The van der Waals surface area contributed by atoms with E-state index in [-0.39, 0.29) is 0 Å². The summed E-state index contributed by atoms with van der Waals surface area (Å²) in [4.78, 5) is 0. The lowest BCUT2D eigenvalue weighted by molar-refractivity contribution is 0.391. The number of hydrogen-bond acceptors (Lipinski definition) is 6. The third-order valence-corrected chi connectivity index (χ3v) is 3.57. The smallest absolute Gasteiger partial charge is 0.247 e. The second kappa shape index (κ2) is 5.92. The molecule has 0 unspecified atom stereocenters. The van der Waals surface area contributed by atoms with Crippen LogP contribution in [0.4, 0.5) is 0 Å². The molecule has 0 saturated carbocycles. The second-order valence-electron chi connectivity index (χ2n) is 4.29. The van der Waals surface area contributed by atoms with E-state index in [1.807, 2.05) is 43.3 Å². The van der Waals surface area contributed by atoms with Crippen molar-refractivity contribution in [3.05, 3.63) is 53.7 Å². The molecule has 3 rings (SSSR count). The van der Waals surface area contributed by atoms with Gasteiger partial charge in [0.1, 0.15) is 5.76 Å². The molecular formula is C14H13N3O2S. The van der Waals surface area contributed by atoms with Gasteiger partial charge < -0.3 is 8.94 Å². The minimum absolute atomic E-state index is 0.553. The van der Waals surface area contributed by atoms with Gasteiger partial charge in [-0.1, -0.05) is 23.4 Å². The molecule has 5 nitrogen and oxygen atoms in total. The first-order valence-electron chi connectivity index (χ1n) is 6.19. The average molecular weight is 287 g/mol. The number of aryl methyl sites for hydroxylation is 1. The number of hydrogen-bond donors (Lipinski definition) is 0. The van der Waals surface area contributed by atoms with E-state index in [0.29, 0.717) is 17.5 Å². The summed E-state index contributed by atoms with van der Waals surface area (Å²) in [5, 5.41) is 11.9. The molecule has 102 valence electrons. The van der Waals surface area contributed by atoms with Gasteiger partial charge in [0.2, 0.25) is 11.8 Å². The van der Waals surface area contributed by atoms with E-state index in [4.69, 9.17) is 8.94 Å². The van der Waals surface area contributed by atoms with Crippen LogP contribution in [0.1, 0.15) is 17.3 Å². The Morgan fingerprint density at radius 3 is 2.70 bits per heavy atom. The number of rotatable bonds is 5. The molecule has 0 N–H and O–H groups in total. The maximum atomic E-state index is 5.62. The van der Waals surface area contributed by atoms with Gasteiger partial charge in [-0.15, -0.1) is 22.0 Å². The van der Waals surface area contributed by atoms with Crippen LogP contribution in [0.3, 0.4) is 0 Å². The van der Waals surface area contributed by atoms with Gasteiger partial charge in [0, 0.05) is 11.6 Å². The molecule has 1 aromatic carbocycles. The lowest BCUT2D eigenvalue weighted by Crippen LogP contribution is -1.81. The number of thioether (sulfide) groups is 1. The monoisotopic (exact) mass is 287 g/mol. The fourth-order valence-corrected chi connectivity index (χ4v) is 2.46. The first kappa shape index (κ1) is 12.9. The topological polar surface area (TPSA) is 65.0 Å². The lowest BCUT2D eigenvalue weighted by atomic mass is 10.2. The predicted molar refractivity (Wildman–Crippen MR) is 76.0 cm³/mol. The summed E-state index contributed by atoms with van der Waals surface area (Å²) in [6.07, 6.45) is 0. The van der Waals surface area contributed by atoms with Gasteiger partial charge in [0.15, 0.2) is 0 Å². The summed E-state index contributed by atoms with van der Waals surface area (Å²) >= 11 is 1.65. The Morgan fingerprint density at radius 2 is 1.95 bits per heavy atom. The summed E-state index contributed by atoms with van der Waals surface area (Å²) in [5.41, 5.74) is 1.83. The van der Waals surface area contributed by atoms with E-state index in [1.165, 1.54) is 0 Å².